The van der Waals surface area contributed by atoms with Crippen molar-refractivity contribution in [1.82, 2.24) is 4.83 Å². The summed E-state index contributed by atoms with van der Waals surface area (Å²) in [5.41, 5.74) is 2.32. The maximum Gasteiger partial charge on any atom is 0.276 e. The van der Waals surface area contributed by atoms with Crippen LogP contribution in [0.25, 0.3) is 0 Å². The number of rotatable bonds is 5. The molecule has 0 spiro atoms. The molecule has 0 saturated carbocycles. The summed E-state index contributed by atoms with van der Waals surface area (Å²) in [6, 6.07) is 12.0. The predicted molar refractivity (Wildman–Crippen MR) is 94.4 cm³/mol. The second-order valence-electron chi connectivity index (χ2n) is 4.95. The first-order valence-electron chi connectivity index (χ1n) is 6.80. The summed E-state index contributed by atoms with van der Waals surface area (Å²) < 4.78 is 30.3. The lowest BCUT2D eigenvalue weighted by molar-refractivity contribution is 0.412. The maximum atomic E-state index is 12.2. The third kappa shape index (κ3) is 4.33. The number of methoxy groups -OCH3 is 1. The van der Waals surface area contributed by atoms with Crippen LogP contribution in [0.1, 0.15) is 18.1 Å². The van der Waals surface area contributed by atoms with E-state index in [0.717, 1.165) is 15.6 Å². The highest BCUT2D eigenvalue weighted by Crippen LogP contribution is 2.25. The van der Waals surface area contributed by atoms with Gasteiger partial charge in [0.05, 0.1) is 22.2 Å². The summed E-state index contributed by atoms with van der Waals surface area (Å²) in [6.45, 7) is 3.62. The largest absolute Gasteiger partial charge is 0.496 e. The molecule has 122 valence electrons. The van der Waals surface area contributed by atoms with E-state index in [2.05, 4.69) is 25.9 Å². The van der Waals surface area contributed by atoms with Gasteiger partial charge in [-0.1, -0.05) is 17.7 Å². The van der Waals surface area contributed by atoms with Gasteiger partial charge in [0.25, 0.3) is 10.0 Å². The predicted octanol–water partition coefficient (Wildman–Crippen LogP) is 3.47. The third-order valence-electron chi connectivity index (χ3n) is 3.23. The van der Waals surface area contributed by atoms with Crippen molar-refractivity contribution in [1.29, 1.82) is 0 Å². The molecule has 0 fully saturated rings. The second kappa shape index (κ2) is 7.14. The molecule has 5 nitrogen and oxygen atoms in total. The molecule has 0 saturated heterocycles. The van der Waals surface area contributed by atoms with Crippen LogP contribution in [0.2, 0.25) is 0 Å². The Balaban J connectivity index is 2.21. The zero-order valence-electron chi connectivity index (χ0n) is 13.0. The molecule has 0 amide bonds. The van der Waals surface area contributed by atoms with Crippen LogP contribution in [0.15, 0.2) is 56.9 Å². The normalized spacial score (nSPS) is 12.1. The SMILES string of the molecule is COc1ccc(/C(C)=N\NS(=O)(=O)c2ccc(C)cc2)cc1Br. The Bertz CT molecular complexity index is 831. The van der Waals surface area contributed by atoms with E-state index in [0.29, 0.717) is 11.5 Å². The number of hydrogen-bond donors (Lipinski definition) is 1. The summed E-state index contributed by atoms with van der Waals surface area (Å²) >= 11 is 3.39. The monoisotopic (exact) mass is 396 g/mol. The number of aryl methyl sites for hydroxylation is 1. The van der Waals surface area contributed by atoms with E-state index in [4.69, 9.17) is 4.74 Å². The fraction of sp³-hybridized carbons (Fsp3) is 0.188. The molecule has 0 bridgehead atoms. The Morgan fingerprint density at radius 3 is 2.39 bits per heavy atom. The fourth-order valence-corrected chi connectivity index (χ4v) is 3.25. The van der Waals surface area contributed by atoms with Gasteiger partial charge in [0, 0.05) is 0 Å². The zero-order chi connectivity index (χ0) is 17.0. The van der Waals surface area contributed by atoms with Crippen LogP contribution >= 0.6 is 15.9 Å². The quantitative estimate of drug-likeness (QED) is 0.621. The van der Waals surface area contributed by atoms with Gasteiger partial charge in [-0.3, -0.25) is 0 Å². The number of hydrazone groups is 1. The number of benzene rings is 2. The molecule has 0 aliphatic heterocycles. The number of halogens is 1. The Kier molecular flexibility index (Phi) is 5.43. The first-order chi connectivity index (χ1) is 10.8. The standard InChI is InChI=1S/C16H17BrN2O3S/c1-11-4-7-14(8-5-11)23(20,21)19-18-12(2)13-6-9-16(22-3)15(17)10-13/h4-10,19H,1-3H3/b18-12-. The van der Waals surface area contributed by atoms with E-state index < -0.39 is 10.0 Å². The van der Waals surface area contributed by atoms with E-state index in [-0.39, 0.29) is 4.90 Å². The van der Waals surface area contributed by atoms with Crippen molar-refractivity contribution < 1.29 is 13.2 Å². The first kappa shape index (κ1) is 17.5. The lowest BCUT2D eigenvalue weighted by Crippen LogP contribution is -2.20. The van der Waals surface area contributed by atoms with E-state index in [9.17, 15) is 8.42 Å². The first-order valence-corrected chi connectivity index (χ1v) is 9.08. The minimum atomic E-state index is -3.68. The Hall–Kier alpha value is -1.86. The van der Waals surface area contributed by atoms with Crippen LogP contribution < -0.4 is 9.57 Å². The third-order valence-corrected chi connectivity index (χ3v) is 5.08. The fourth-order valence-electron chi connectivity index (χ4n) is 1.85. The molecule has 0 radical (unpaired) electrons. The van der Waals surface area contributed by atoms with Gasteiger partial charge in [-0.25, -0.2) is 0 Å². The topological polar surface area (TPSA) is 67.8 Å². The molecule has 7 heteroatoms. The Morgan fingerprint density at radius 2 is 1.83 bits per heavy atom. The molecular formula is C16H17BrN2O3S. The number of nitrogens with zero attached hydrogens (tertiary/aromatic N) is 1. The van der Waals surface area contributed by atoms with Gasteiger partial charge < -0.3 is 4.74 Å². The smallest absolute Gasteiger partial charge is 0.276 e. The van der Waals surface area contributed by atoms with Gasteiger partial charge in [-0.2, -0.15) is 18.4 Å². The minimum absolute atomic E-state index is 0.176. The summed E-state index contributed by atoms with van der Waals surface area (Å²) in [5.74, 6) is 0.696. The van der Waals surface area contributed by atoms with Crippen molar-refractivity contribution in [2.45, 2.75) is 18.7 Å². The molecule has 0 aliphatic rings. The molecule has 1 N–H and O–H groups in total. The molecule has 0 atom stereocenters. The summed E-state index contributed by atoms with van der Waals surface area (Å²) in [7, 11) is -2.10. The lowest BCUT2D eigenvalue weighted by atomic mass is 10.1. The van der Waals surface area contributed by atoms with E-state index in [1.807, 2.05) is 19.1 Å². The molecular weight excluding hydrogens is 380 g/mol. The minimum Gasteiger partial charge on any atom is -0.496 e. The zero-order valence-corrected chi connectivity index (χ0v) is 15.4. The highest BCUT2D eigenvalue weighted by Gasteiger charge is 2.13. The summed E-state index contributed by atoms with van der Waals surface area (Å²) in [4.78, 5) is 2.43. The molecule has 0 unspecified atom stereocenters. The van der Waals surface area contributed by atoms with Gasteiger partial charge in [0.1, 0.15) is 5.75 Å². The summed E-state index contributed by atoms with van der Waals surface area (Å²) in [6.07, 6.45) is 0. The number of sulfonamides is 1. The molecule has 0 heterocycles. The number of hydrogen-bond acceptors (Lipinski definition) is 4. The average Bonchev–Trinajstić information content (AvgIpc) is 2.53. The lowest BCUT2D eigenvalue weighted by Gasteiger charge is -2.08. The highest BCUT2D eigenvalue weighted by molar-refractivity contribution is 9.10. The van der Waals surface area contributed by atoms with Crippen LogP contribution in [0.4, 0.5) is 0 Å². The molecule has 2 aromatic carbocycles. The van der Waals surface area contributed by atoms with Crippen LogP contribution in [-0.4, -0.2) is 21.2 Å². The molecule has 23 heavy (non-hydrogen) atoms. The summed E-state index contributed by atoms with van der Waals surface area (Å²) in [5, 5.41) is 3.98. The van der Waals surface area contributed by atoms with Gasteiger partial charge in [-0.05, 0) is 65.7 Å². The van der Waals surface area contributed by atoms with Crippen molar-refractivity contribution in [3.8, 4) is 5.75 Å². The average molecular weight is 397 g/mol. The van der Waals surface area contributed by atoms with Crippen LogP contribution in [0.5, 0.6) is 5.75 Å². The van der Waals surface area contributed by atoms with E-state index >= 15 is 0 Å². The van der Waals surface area contributed by atoms with Crippen LogP contribution in [0.3, 0.4) is 0 Å². The number of nitrogens with one attached hydrogen (secondary N) is 1. The maximum absolute atomic E-state index is 12.2. The highest BCUT2D eigenvalue weighted by atomic mass is 79.9. The van der Waals surface area contributed by atoms with Gasteiger partial charge in [0.15, 0.2) is 0 Å². The Morgan fingerprint density at radius 1 is 1.17 bits per heavy atom. The van der Waals surface area contributed by atoms with Crippen molar-refractivity contribution >= 4 is 31.7 Å². The van der Waals surface area contributed by atoms with Crippen molar-refractivity contribution in [2.24, 2.45) is 5.10 Å². The van der Waals surface area contributed by atoms with Crippen molar-refractivity contribution in [2.75, 3.05) is 7.11 Å². The van der Waals surface area contributed by atoms with Gasteiger partial charge >= 0.3 is 0 Å². The van der Waals surface area contributed by atoms with E-state index in [1.54, 1.807) is 44.4 Å². The van der Waals surface area contributed by atoms with Crippen LogP contribution in [-0.2, 0) is 10.0 Å². The molecule has 2 aromatic rings. The second-order valence-corrected chi connectivity index (χ2v) is 7.47. The van der Waals surface area contributed by atoms with Gasteiger partial charge in [0.2, 0.25) is 0 Å². The number of ether oxygens (including phenoxy) is 1. The molecule has 0 aromatic heterocycles. The molecule has 0 aliphatic carbocycles. The van der Waals surface area contributed by atoms with Crippen molar-refractivity contribution in [3.05, 3.63) is 58.1 Å². The van der Waals surface area contributed by atoms with E-state index in [1.165, 1.54) is 0 Å². The van der Waals surface area contributed by atoms with Gasteiger partial charge in [-0.15, -0.1) is 0 Å². The van der Waals surface area contributed by atoms with Crippen LogP contribution in [0, 0.1) is 6.92 Å². The Labute approximate surface area is 144 Å². The van der Waals surface area contributed by atoms with Crippen molar-refractivity contribution in [3.63, 3.8) is 0 Å². The molecule has 2 rings (SSSR count).